The zero-order chi connectivity index (χ0) is 17.9. The summed E-state index contributed by atoms with van der Waals surface area (Å²) in [5.41, 5.74) is 0. The number of hydrogen-bond acceptors (Lipinski definition) is 7. The molecule has 0 aromatic rings. The third kappa shape index (κ3) is 5.32. The van der Waals surface area contributed by atoms with Crippen molar-refractivity contribution in [1.82, 2.24) is 16.0 Å². The maximum absolute atomic E-state index is 11.9. The molecule has 6 nitrogen and oxygen atoms in total. The first-order valence-electron chi connectivity index (χ1n) is 9.50. The lowest BCUT2D eigenvalue weighted by molar-refractivity contribution is 0.00317. The van der Waals surface area contributed by atoms with Crippen LogP contribution >= 0.6 is 11.8 Å². The number of sulfone groups is 1. The van der Waals surface area contributed by atoms with Crippen LogP contribution in [-0.4, -0.2) is 76.0 Å². The van der Waals surface area contributed by atoms with Crippen LogP contribution in [0, 0.1) is 5.92 Å². The monoisotopic (exact) mass is 391 g/mol. The minimum Gasteiger partial charge on any atom is -0.381 e. The molecule has 6 unspecified atom stereocenters. The lowest BCUT2D eigenvalue weighted by Crippen LogP contribution is -2.64. The average Bonchev–Trinajstić information content (AvgIpc) is 3.12. The quantitative estimate of drug-likeness (QED) is 0.611. The lowest BCUT2D eigenvalue weighted by atomic mass is 9.80. The van der Waals surface area contributed by atoms with Gasteiger partial charge in [0, 0.05) is 50.2 Å². The molecule has 3 N–H and O–H groups in total. The number of thioether (sulfide) groups is 1. The van der Waals surface area contributed by atoms with E-state index in [2.05, 4.69) is 27.7 Å². The van der Waals surface area contributed by atoms with Crippen LogP contribution in [0.1, 0.15) is 32.1 Å². The predicted molar refractivity (Wildman–Crippen MR) is 104 cm³/mol. The molecule has 3 fully saturated rings. The van der Waals surface area contributed by atoms with Gasteiger partial charge in [-0.3, -0.25) is 10.6 Å². The van der Waals surface area contributed by atoms with E-state index in [1.807, 2.05) is 0 Å². The van der Waals surface area contributed by atoms with Crippen molar-refractivity contribution >= 4 is 21.6 Å². The molecule has 6 atom stereocenters. The average molecular weight is 392 g/mol. The van der Waals surface area contributed by atoms with E-state index in [1.165, 1.54) is 24.9 Å². The lowest BCUT2D eigenvalue weighted by Gasteiger charge is -2.43. The van der Waals surface area contributed by atoms with E-state index in [1.54, 1.807) is 7.11 Å². The van der Waals surface area contributed by atoms with Crippen molar-refractivity contribution in [1.29, 1.82) is 0 Å². The van der Waals surface area contributed by atoms with Crippen LogP contribution in [0.25, 0.3) is 0 Å². The van der Waals surface area contributed by atoms with E-state index in [4.69, 9.17) is 4.74 Å². The Hall–Kier alpha value is 0.140. The van der Waals surface area contributed by atoms with E-state index in [-0.39, 0.29) is 17.5 Å². The van der Waals surface area contributed by atoms with Gasteiger partial charge in [-0.25, -0.2) is 8.42 Å². The predicted octanol–water partition coefficient (Wildman–Crippen LogP) is 0.587. The summed E-state index contributed by atoms with van der Waals surface area (Å²) in [5.74, 6) is 1.66. The molecule has 1 saturated carbocycles. The van der Waals surface area contributed by atoms with Crippen LogP contribution in [0.5, 0.6) is 0 Å². The molecule has 0 spiro atoms. The second-order valence-electron chi connectivity index (χ2n) is 7.73. The molecule has 1 aliphatic carbocycles. The molecule has 0 amide bonds. The summed E-state index contributed by atoms with van der Waals surface area (Å²) < 4.78 is 29.5. The van der Waals surface area contributed by atoms with Crippen molar-refractivity contribution in [3.8, 4) is 0 Å². The van der Waals surface area contributed by atoms with Crippen molar-refractivity contribution in [2.24, 2.45) is 5.92 Å². The number of hydrogen-bond donors (Lipinski definition) is 3. The minimum absolute atomic E-state index is 0.0110. The second kappa shape index (κ2) is 8.89. The van der Waals surface area contributed by atoms with Gasteiger partial charge in [0.15, 0.2) is 0 Å². The first kappa shape index (κ1) is 19.9. The van der Waals surface area contributed by atoms with E-state index in [9.17, 15) is 8.42 Å². The fraction of sp³-hybridized carbons (Fsp3) is 1.00. The molecule has 0 radical (unpaired) electrons. The number of methoxy groups -OCH3 is 1. The number of ether oxygens (including phenoxy) is 1. The first-order valence-corrected chi connectivity index (χ1v) is 12.5. The molecule has 0 aromatic heterocycles. The zero-order valence-electron chi connectivity index (χ0n) is 15.4. The highest BCUT2D eigenvalue weighted by Crippen LogP contribution is 2.33. The van der Waals surface area contributed by atoms with Gasteiger partial charge < -0.3 is 10.1 Å². The van der Waals surface area contributed by atoms with Gasteiger partial charge in [0.25, 0.3) is 0 Å². The van der Waals surface area contributed by atoms with Crippen molar-refractivity contribution in [3.05, 3.63) is 0 Å². The van der Waals surface area contributed by atoms with Gasteiger partial charge in [0.2, 0.25) is 0 Å². The van der Waals surface area contributed by atoms with E-state index in [0.717, 1.165) is 37.7 Å². The van der Waals surface area contributed by atoms with Crippen molar-refractivity contribution in [2.45, 2.75) is 60.9 Å². The third-order valence-electron chi connectivity index (χ3n) is 5.96. The molecule has 3 rings (SSSR count). The number of piperazine rings is 1. The molecule has 8 heteroatoms. The Balaban J connectivity index is 1.53. The standard InChI is InChI=1S/C17H33N3O3S2/c1-23-16-8-13(25(2,21)22)5-6-14(16)15-10-18-11-17(20-15)19-9-12-4-3-7-24-12/h12-20H,3-11H2,1-2H3. The molecule has 2 aliphatic heterocycles. The summed E-state index contributed by atoms with van der Waals surface area (Å²) in [6, 6.07) is 0.327. The molecule has 146 valence electrons. The normalized spacial score (nSPS) is 40.2. The molecule has 3 aliphatic rings. The molecular formula is C17H33N3O3S2. The van der Waals surface area contributed by atoms with Gasteiger partial charge in [-0.1, -0.05) is 0 Å². The first-order chi connectivity index (χ1) is 12.0. The molecule has 25 heavy (non-hydrogen) atoms. The van der Waals surface area contributed by atoms with E-state index < -0.39 is 9.84 Å². The van der Waals surface area contributed by atoms with E-state index >= 15 is 0 Å². The van der Waals surface area contributed by atoms with Crippen LogP contribution in [0.15, 0.2) is 0 Å². The molecule has 0 aromatic carbocycles. The second-order valence-corrected chi connectivity index (χ2v) is 11.5. The molecule has 2 saturated heterocycles. The fourth-order valence-electron chi connectivity index (χ4n) is 4.48. The van der Waals surface area contributed by atoms with Gasteiger partial charge in [-0.05, 0) is 37.9 Å². The Labute approximate surface area is 156 Å². The number of nitrogens with one attached hydrogen (secondary N) is 3. The summed E-state index contributed by atoms with van der Waals surface area (Å²) in [4.78, 5) is 0. The SMILES string of the molecule is COC1CC(S(C)(=O)=O)CCC1C1CNCC(NCC2CCCS2)N1. The van der Waals surface area contributed by atoms with Crippen molar-refractivity contribution < 1.29 is 13.2 Å². The van der Waals surface area contributed by atoms with Crippen LogP contribution in [-0.2, 0) is 14.6 Å². The van der Waals surface area contributed by atoms with Gasteiger partial charge >= 0.3 is 0 Å². The minimum atomic E-state index is -2.98. The zero-order valence-corrected chi connectivity index (χ0v) is 17.0. The highest BCUT2D eigenvalue weighted by Gasteiger charge is 2.40. The Morgan fingerprint density at radius 3 is 2.76 bits per heavy atom. The fourth-order valence-corrected chi connectivity index (χ4v) is 6.80. The Bertz CT molecular complexity index is 525. The Kier molecular flexibility index (Phi) is 7.07. The summed E-state index contributed by atoms with van der Waals surface area (Å²) in [6.45, 7) is 2.92. The summed E-state index contributed by atoms with van der Waals surface area (Å²) in [6.07, 6.45) is 6.58. The highest BCUT2D eigenvalue weighted by atomic mass is 32.2. The van der Waals surface area contributed by atoms with Crippen molar-refractivity contribution in [3.63, 3.8) is 0 Å². The van der Waals surface area contributed by atoms with Crippen molar-refractivity contribution in [2.75, 3.05) is 38.8 Å². The smallest absolute Gasteiger partial charge is 0.150 e. The van der Waals surface area contributed by atoms with Gasteiger partial charge in [0.05, 0.1) is 17.5 Å². The molecule has 0 bridgehead atoms. The highest BCUT2D eigenvalue weighted by molar-refractivity contribution is 8.00. The van der Waals surface area contributed by atoms with Gasteiger partial charge in [0.1, 0.15) is 9.84 Å². The van der Waals surface area contributed by atoms with Crippen LogP contribution < -0.4 is 16.0 Å². The maximum atomic E-state index is 11.9. The summed E-state index contributed by atoms with van der Waals surface area (Å²) >= 11 is 2.08. The topological polar surface area (TPSA) is 79.5 Å². The Morgan fingerprint density at radius 2 is 2.08 bits per heavy atom. The summed E-state index contributed by atoms with van der Waals surface area (Å²) in [7, 11) is -1.27. The van der Waals surface area contributed by atoms with Gasteiger partial charge in [-0.2, -0.15) is 11.8 Å². The molecule has 2 heterocycles. The summed E-state index contributed by atoms with van der Waals surface area (Å²) in [5, 5.41) is 11.5. The van der Waals surface area contributed by atoms with Gasteiger partial charge in [-0.15, -0.1) is 0 Å². The van der Waals surface area contributed by atoms with E-state index in [0.29, 0.717) is 18.4 Å². The number of rotatable bonds is 6. The van der Waals surface area contributed by atoms with Crippen LogP contribution in [0.4, 0.5) is 0 Å². The van der Waals surface area contributed by atoms with Crippen LogP contribution in [0.2, 0.25) is 0 Å². The molecular weight excluding hydrogens is 358 g/mol. The maximum Gasteiger partial charge on any atom is 0.150 e. The Morgan fingerprint density at radius 1 is 1.24 bits per heavy atom. The largest absolute Gasteiger partial charge is 0.381 e. The third-order valence-corrected chi connectivity index (χ3v) is 9.00. The van der Waals surface area contributed by atoms with Crippen LogP contribution in [0.3, 0.4) is 0 Å².